The number of hydrogen-bond acceptors (Lipinski definition) is 2. The average Bonchev–Trinajstić information content (AvgIpc) is 2.80. The van der Waals surface area contributed by atoms with Crippen LogP contribution in [-0.2, 0) is 9.47 Å². The van der Waals surface area contributed by atoms with Crippen LogP contribution in [0.1, 0.15) is 19.8 Å². The van der Waals surface area contributed by atoms with Gasteiger partial charge >= 0.3 is 0 Å². The molecule has 11 heavy (non-hydrogen) atoms. The predicted octanol–water partition coefficient (Wildman–Crippen LogP) is 0.951. The smallest absolute Gasteiger partial charge is 0.100 e. The molecule has 4 fully saturated rings. The molecule has 2 aliphatic carbocycles. The maximum absolute atomic E-state index is 5.72. The van der Waals surface area contributed by atoms with Gasteiger partial charge in [0.25, 0.3) is 0 Å². The number of ether oxygens (including phenoxy) is 2. The second-order valence-electron chi connectivity index (χ2n) is 4.59. The molecule has 4 aliphatic rings. The Morgan fingerprint density at radius 2 is 2.18 bits per heavy atom. The first-order valence-corrected chi connectivity index (χ1v) is 4.64. The molecule has 2 heterocycles. The molecule has 2 saturated heterocycles. The first kappa shape index (κ1) is 5.55. The van der Waals surface area contributed by atoms with Gasteiger partial charge in [-0.1, -0.05) is 0 Å². The van der Waals surface area contributed by atoms with Crippen molar-refractivity contribution in [2.45, 2.75) is 43.7 Å². The van der Waals surface area contributed by atoms with E-state index in [1.165, 1.54) is 12.8 Å². The Hall–Kier alpha value is -0.0800. The standard InChI is InChI=1S/C9H12O2/c1-4-9(11-4)3-5-2-6(9)8-7(5)10-8/h4-8H,2-3H2,1H3/t4?,5-,6-,7-,8+,9-/m0/s1. The van der Waals surface area contributed by atoms with Gasteiger partial charge in [0.2, 0.25) is 0 Å². The summed E-state index contributed by atoms with van der Waals surface area (Å²) < 4.78 is 11.3. The van der Waals surface area contributed by atoms with Crippen molar-refractivity contribution in [2.24, 2.45) is 11.8 Å². The molecule has 0 amide bonds. The van der Waals surface area contributed by atoms with Gasteiger partial charge in [-0.05, 0) is 25.7 Å². The molecule has 1 spiro atoms. The van der Waals surface area contributed by atoms with Gasteiger partial charge < -0.3 is 9.47 Å². The van der Waals surface area contributed by atoms with E-state index in [2.05, 4.69) is 6.92 Å². The van der Waals surface area contributed by atoms with Crippen LogP contribution in [0, 0.1) is 11.8 Å². The maximum atomic E-state index is 5.72. The minimum Gasteiger partial charge on any atom is -0.369 e. The third-order valence-corrected chi connectivity index (χ3v) is 4.22. The molecule has 0 aromatic carbocycles. The molecule has 60 valence electrons. The molecular weight excluding hydrogens is 140 g/mol. The third kappa shape index (κ3) is 0.433. The fraction of sp³-hybridized carbons (Fsp3) is 1.00. The highest BCUT2D eigenvalue weighted by Gasteiger charge is 2.76. The van der Waals surface area contributed by atoms with Crippen molar-refractivity contribution < 1.29 is 9.47 Å². The van der Waals surface area contributed by atoms with E-state index in [0.29, 0.717) is 23.9 Å². The summed E-state index contributed by atoms with van der Waals surface area (Å²) >= 11 is 0. The second kappa shape index (κ2) is 1.27. The lowest BCUT2D eigenvalue weighted by atomic mass is 9.86. The van der Waals surface area contributed by atoms with Crippen LogP contribution in [0.3, 0.4) is 0 Å². The Labute approximate surface area is 65.9 Å². The number of rotatable bonds is 0. The highest BCUT2D eigenvalue weighted by Crippen LogP contribution is 2.67. The maximum Gasteiger partial charge on any atom is 0.100 e. The van der Waals surface area contributed by atoms with E-state index < -0.39 is 0 Å². The molecule has 2 nitrogen and oxygen atoms in total. The first-order valence-electron chi connectivity index (χ1n) is 4.64. The van der Waals surface area contributed by atoms with E-state index in [4.69, 9.17) is 9.47 Å². The van der Waals surface area contributed by atoms with Crippen LogP contribution in [0.25, 0.3) is 0 Å². The summed E-state index contributed by atoms with van der Waals surface area (Å²) in [6, 6.07) is 0. The first-order chi connectivity index (χ1) is 5.31. The molecule has 6 atom stereocenters. The predicted molar refractivity (Wildman–Crippen MR) is 38.2 cm³/mol. The fourth-order valence-electron chi connectivity index (χ4n) is 3.57. The van der Waals surface area contributed by atoms with Gasteiger partial charge in [-0.2, -0.15) is 0 Å². The zero-order valence-corrected chi connectivity index (χ0v) is 6.62. The van der Waals surface area contributed by atoms with Crippen molar-refractivity contribution in [1.29, 1.82) is 0 Å². The van der Waals surface area contributed by atoms with Gasteiger partial charge in [0.15, 0.2) is 0 Å². The van der Waals surface area contributed by atoms with Gasteiger partial charge in [-0.3, -0.25) is 0 Å². The SMILES string of the molecule is CC1O[C@@]12C[C@@H]1C[C@H]2[C@H]2O[C@@H]12. The van der Waals surface area contributed by atoms with E-state index in [0.717, 1.165) is 11.8 Å². The minimum atomic E-state index is 0.308. The number of epoxide rings is 2. The minimum absolute atomic E-state index is 0.308. The van der Waals surface area contributed by atoms with Gasteiger partial charge in [0, 0.05) is 5.92 Å². The Kier molecular flexibility index (Phi) is 0.641. The van der Waals surface area contributed by atoms with Crippen LogP contribution in [-0.4, -0.2) is 23.9 Å². The Morgan fingerprint density at radius 1 is 1.36 bits per heavy atom. The zero-order valence-electron chi connectivity index (χ0n) is 6.62. The van der Waals surface area contributed by atoms with Crippen molar-refractivity contribution in [3.05, 3.63) is 0 Å². The van der Waals surface area contributed by atoms with Gasteiger partial charge in [-0.15, -0.1) is 0 Å². The van der Waals surface area contributed by atoms with E-state index in [1.807, 2.05) is 0 Å². The molecular formula is C9H12O2. The fourth-order valence-corrected chi connectivity index (χ4v) is 3.57. The molecule has 4 rings (SSSR count). The van der Waals surface area contributed by atoms with Crippen LogP contribution in [0.2, 0.25) is 0 Å². The van der Waals surface area contributed by atoms with Crippen molar-refractivity contribution in [3.8, 4) is 0 Å². The van der Waals surface area contributed by atoms with Crippen molar-refractivity contribution >= 4 is 0 Å². The summed E-state index contributed by atoms with van der Waals surface area (Å²) in [5.74, 6) is 1.63. The summed E-state index contributed by atoms with van der Waals surface area (Å²) in [7, 11) is 0. The largest absolute Gasteiger partial charge is 0.369 e. The molecule has 2 aliphatic heterocycles. The molecule has 0 radical (unpaired) electrons. The van der Waals surface area contributed by atoms with E-state index in [1.54, 1.807) is 0 Å². The average molecular weight is 152 g/mol. The van der Waals surface area contributed by atoms with Crippen LogP contribution in [0.4, 0.5) is 0 Å². The Morgan fingerprint density at radius 3 is 2.73 bits per heavy atom. The monoisotopic (exact) mass is 152 g/mol. The summed E-state index contributed by atoms with van der Waals surface area (Å²) in [5, 5.41) is 0. The number of fused-ring (bicyclic) bond motifs is 6. The summed E-state index contributed by atoms with van der Waals surface area (Å²) in [4.78, 5) is 0. The van der Waals surface area contributed by atoms with Crippen molar-refractivity contribution in [1.82, 2.24) is 0 Å². The lowest BCUT2D eigenvalue weighted by molar-refractivity contribution is 0.205. The van der Waals surface area contributed by atoms with E-state index in [9.17, 15) is 0 Å². The lowest BCUT2D eigenvalue weighted by Gasteiger charge is -2.13. The molecule has 2 saturated carbocycles. The summed E-state index contributed by atoms with van der Waals surface area (Å²) in [6.07, 6.45) is 4.48. The quantitative estimate of drug-likeness (QED) is 0.483. The number of hydrogen-bond donors (Lipinski definition) is 0. The molecule has 1 unspecified atom stereocenters. The van der Waals surface area contributed by atoms with Crippen LogP contribution < -0.4 is 0 Å². The summed E-state index contributed by atoms with van der Waals surface area (Å²) in [5.41, 5.74) is 0.308. The molecule has 0 N–H and O–H groups in total. The molecule has 0 aromatic heterocycles. The van der Waals surface area contributed by atoms with Crippen molar-refractivity contribution in [2.75, 3.05) is 0 Å². The highest BCUT2D eigenvalue weighted by molar-refractivity contribution is 5.23. The Bertz CT molecular complexity index is 240. The normalized spacial score (nSPS) is 75.5. The Balaban J connectivity index is 1.78. The second-order valence-corrected chi connectivity index (χ2v) is 4.59. The van der Waals surface area contributed by atoms with Gasteiger partial charge in [0.1, 0.15) is 5.60 Å². The van der Waals surface area contributed by atoms with Crippen molar-refractivity contribution in [3.63, 3.8) is 0 Å². The van der Waals surface area contributed by atoms with Crippen LogP contribution in [0.5, 0.6) is 0 Å². The molecule has 0 aromatic rings. The topological polar surface area (TPSA) is 25.1 Å². The third-order valence-electron chi connectivity index (χ3n) is 4.22. The zero-order chi connectivity index (χ0) is 7.22. The van der Waals surface area contributed by atoms with Gasteiger partial charge in [0.05, 0.1) is 18.3 Å². The summed E-state index contributed by atoms with van der Waals surface area (Å²) in [6.45, 7) is 2.21. The van der Waals surface area contributed by atoms with Crippen LogP contribution in [0.15, 0.2) is 0 Å². The van der Waals surface area contributed by atoms with E-state index in [-0.39, 0.29) is 0 Å². The van der Waals surface area contributed by atoms with Gasteiger partial charge in [-0.25, -0.2) is 0 Å². The lowest BCUT2D eigenvalue weighted by Crippen LogP contribution is -2.27. The van der Waals surface area contributed by atoms with E-state index >= 15 is 0 Å². The van der Waals surface area contributed by atoms with Crippen LogP contribution >= 0.6 is 0 Å². The molecule has 2 bridgehead atoms. The molecule has 2 heteroatoms. The highest BCUT2D eigenvalue weighted by atomic mass is 16.6.